The van der Waals surface area contributed by atoms with Gasteiger partial charge in [-0.05, 0) is 48.4 Å². The number of hydrogen-bond acceptors (Lipinski definition) is 4. The molecule has 140 valence electrons. The highest BCUT2D eigenvalue weighted by atomic mass is 35.5. The van der Waals surface area contributed by atoms with Crippen LogP contribution >= 0.6 is 11.6 Å². The molecule has 0 bridgehead atoms. The molecule has 1 aromatic heterocycles. The zero-order chi connectivity index (χ0) is 19.5. The lowest BCUT2D eigenvalue weighted by Gasteiger charge is -2.11. The van der Waals surface area contributed by atoms with E-state index in [9.17, 15) is 4.79 Å². The molecule has 0 unspecified atom stereocenters. The van der Waals surface area contributed by atoms with Crippen LogP contribution in [0.1, 0.15) is 11.1 Å². The van der Waals surface area contributed by atoms with Gasteiger partial charge < -0.3 is 13.9 Å². The van der Waals surface area contributed by atoms with E-state index in [1.807, 2.05) is 61.5 Å². The van der Waals surface area contributed by atoms with Gasteiger partial charge in [-0.15, -0.1) is 0 Å². The Kier molecular flexibility index (Phi) is 5.04. The van der Waals surface area contributed by atoms with Crippen LogP contribution in [-0.4, -0.2) is 0 Å². The van der Waals surface area contributed by atoms with Gasteiger partial charge in [-0.2, -0.15) is 0 Å². The largest absolute Gasteiger partial charge is 0.487 e. The highest BCUT2D eigenvalue weighted by Gasteiger charge is 2.10. The van der Waals surface area contributed by atoms with Gasteiger partial charge in [0.05, 0.1) is 5.02 Å². The fourth-order valence-electron chi connectivity index (χ4n) is 2.91. The lowest BCUT2D eigenvalue weighted by atomic mass is 10.1. The van der Waals surface area contributed by atoms with E-state index in [1.165, 1.54) is 6.07 Å². The molecule has 5 heteroatoms. The number of fused-ring (bicyclic) bond motifs is 1. The molecule has 1 heterocycles. The number of para-hydroxylation sites is 1. The van der Waals surface area contributed by atoms with E-state index < -0.39 is 5.63 Å². The Morgan fingerprint density at radius 2 is 1.71 bits per heavy atom. The van der Waals surface area contributed by atoms with Crippen molar-refractivity contribution < 1.29 is 13.9 Å². The first-order valence-corrected chi connectivity index (χ1v) is 9.15. The van der Waals surface area contributed by atoms with E-state index in [2.05, 4.69) is 0 Å². The summed E-state index contributed by atoms with van der Waals surface area (Å²) in [6, 6.07) is 22.1. The minimum absolute atomic E-state index is 0.299. The van der Waals surface area contributed by atoms with E-state index in [0.29, 0.717) is 23.0 Å². The van der Waals surface area contributed by atoms with Crippen molar-refractivity contribution in [3.05, 3.63) is 99.4 Å². The molecule has 0 N–H and O–H groups in total. The van der Waals surface area contributed by atoms with Crippen LogP contribution < -0.4 is 15.1 Å². The molecule has 3 aromatic carbocycles. The molecule has 0 aliphatic carbocycles. The molecule has 0 atom stereocenters. The topological polar surface area (TPSA) is 48.7 Å². The van der Waals surface area contributed by atoms with Crippen LogP contribution in [0.25, 0.3) is 11.0 Å². The first-order valence-electron chi connectivity index (χ1n) is 8.77. The minimum Gasteiger partial charge on any atom is -0.487 e. The summed E-state index contributed by atoms with van der Waals surface area (Å²) < 4.78 is 17.0. The number of aryl methyl sites for hydroxylation is 1. The average molecular weight is 393 g/mol. The Morgan fingerprint density at radius 3 is 2.54 bits per heavy atom. The zero-order valence-electron chi connectivity index (χ0n) is 15.1. The van der Waals surface area contributed by atoms with E-state index >= 15 is 0 Å². The third kappa shape index (κ3) is 4.02. The molecule has 4 aromatic rings. The van der Waals surface area contributed by atoms with Crippen molar-refractivity contribution >= 4 is 22.6 Å². The summed E-state index contributed by atoms with van der Waals surface area (Å²) in [4.78, 5) is 11.6. The first-order chi connectivity index (χ1) is 13.6. The van der Waals surface area contributed by atoms with E-state index in [1.54, 1.807) is 12.1 Å². The average Bonchev–Trinajstić information content (AvgIpc) is 2.68. The number of ether oxygens (including phenoxy) is 2. The van der Waals surface area contributed by atoms with Crippen molar-refractivity contribution in [1.29, 1.82) is 0 Å². The van der Waals surface area contributed by atoms with Crippen molar-refractivity contribution in [2.45, 2.75) is 13.5 Å². The highest BCUT2D eigenvalue weighted by molar-refractivity contribution is 6.32. The number of rotatable bonds is 5. The summed E-state index contributed by atoms with van der Waals surface area (Å²) in [7, 11) is 0. The summed E-state index contributed by atoms with van der Waals surface area (Å²) in [5, 5.41) is 1.25. The van der Waals surface area contributed by atoms with Crippen LogP contribution in [0.3, 0.4) is 0 Å². The Balaban J connectivity index is 1.54. The summed E-state index contributed by atoms with van der Waals surface area (Å²) in [5.74, 6) is 1.94. The monoisotopic (exact) mass is 392 g/mol. The standard InChI is InChI=1S/C23H17ClO4/c1-15-10-23(25)28-21-13-22(20(24)12-19(15)21)26-14-16-6-5-9-18(11-16)27-17-7-3-2-4-8-17/h2-13H,14H2,1H3. The summed E-state index contributed by atoms with van der Waals surface area (Å²) in [6.45, 7) is 2.14. The maximum Gasteiger partial charge on any atom is 0.336 e. The second-order valence-electron chi connectivity index (χ2n) is 6.38. The predicted molar refractivity (Wildman–Crippen MR) is 110 cm³/mol. The molecule has 28 heavy (non-hydrogen) atoms. The molecule has 0 radical (unpaired) electrons. The minimum atomic E-state index is -0.399. The van der Waals surface area contributed by atoms with Crippen LogP contribution in [0.5, 0.6) is 17.2 Å². The van der Waals surface area contributed by atoms with Gasteiger partial charge in [0, 0.05) is 17.5 Å². The summed E-state index contributed by atoms with van der Waals surface area (Å²) in [6.07, 6.45) is 0. The van der Waals surface area contributed by atoms with Crippen molar-refractivity contribution in [2.24, 2.45) is 0 Å². The maximum atomic E-state index is 11.6. The Morgan fingerprint density at radius 1 is 0.929 bits per heavy atom. The van der Waals surface area contributed by atoms with E-state index in [-0.39, 0.29) is 0 Å². The molecule has 0 aliphatic rings. The summed E-state index contributed by atoms with van der Waals surface area (Å²) in [5.41, 5.74) is 1.79. The van der Waals surface area contributed by atoms with Gasteiger partial charge >= 0.3 is 5.63 Å². The molecule has 0 saturated carbocycles. The van der Waals surface area contributed by atoms with Crippen LogP contribution in [0.15, 0.2) is 82.0 Å². The van der Waals surface area contributed by atoms with Crippen molar-refractivity contribution in [3.8, 4) is 17.2 Å². The van der Waals surface area contributed by atoms with Crippen LogP contribution in [0.2, 0.25) is 5.02 Å². The molecule has 0 aliphatic heterocycles. The zero-order valence-corrected chi connectivity index (χ0v) is 15.9. The number of benzene rings is 3. The second kappa shape index (κ2) is 7.79. The molecule has 0 amide bonds. The Bertz CT molecular complexity index is 1180. The molecular formula is C23H17ClO4. The van der Waals surface area contributed by atoms with Crippen molar-refractivity contribution in [3.63, 3.8) is 0 Å². The Labute approximate surface area is 166 Å². The fraction of sp³-hybridized carbons (Fsp3) is 0.0870. The third-order valence-electron chi connectivity index (χ3n) is 4.28. The fourth-order valence-corrected chi connectivity index (χ4v) is 3.13. The normalized spacial score (nSPS) is 10.8. The van der Waals surface area contributed by atoms with Crippen molar-refractivity contribution in [2.75, 3.05) is 0 Å². The van der Waals surface area contributed by atoms with E-state index in [0.717, 1.165) is 28.0 Å². The van der Waals surface area contributed by atoms with Crippen LogP contribution in [-0.2, 0) is 6.61 Å². The van der Waals surface area contributed by atoms with Gasteiger partial charge in [-0.25, -0.2) is 4.79 Å². The predicted octanol–water partition coefficient (Wildman–Crippen LogP) is 6.13. The highest BCUT2D eigenvalue weighted by Crippen LogP contribution is 2.32. The van der Waals surface area contributed by atoms with E-state index in [4.69, 9.17) is 25.5 Å². The molecular weight excluding hydrogens is 376 g/mol. The third-order valence-corrected chi connectivity index (χ3v) is 4.57. The van der Waals surface area contributed by atoms with Gasteiger partial charge in [0.25, 0.3) is 0 Å². The van der Waals surface area contributed by atoms with Crippen LogP contribution in [0, 0.1) is 6.92 Å². The van der Waals surface area contributed by atoms with Crippen molar-refractivity contribution in [1.82, 2.24) is 0 Å². The number of hydrogen-bond donors (Lipinski definition) is 0. The van der Waals surface area contributed by atoms with Gasteiger partial charge in [0.2, 0.25) is 0 Å². The molecule has 4 nitrogen and oxygen atoms in total. The maximum absolute atomic E-state index is 11.6. The summed E-state index contributed by atoms with van der Waals surface area (Å²) >= 11 is 6.35. The first kappa shape index (κ1) is 18.1. The molecule has 0 saturated heterocycles. The van der Waals surface area contributed by atoms with Gasteiger partial charge in [-0.3, -0.25) is 0 Å². The number of halogens is 1. The Hall–Kier alpha value is -3.24. The lowest BCUT2D eigenvalue weighted by molar-refractivity contribution is 0.305. The van der Waals surface area contributed by atoms with Crippen LogP contribution in [0.4, 0.5) is 0 Å². The molecule has 0 spiro atoms. The van der Waals surface area contributed by atoms with Gasteiger partial charge in [-0.1, -0.05) is 41.9 Å². The quantitative estimate of drug-likeness (QED) is 0.383. The molecule has 4 rings (SSSR count). The van der Waals surface area contributed by atoms with Gasteiger partial charge in [0.1, 0.15) is 29.4 Å². The molecule has 0 fully saturated rings. The smallest absolute Gasteiger partial charge is 0.336 e. The van der Waals surface area contributed by atoms with Gasteiger partial charge in [0.15, 0.2) is 0 Å². The second-order valence-corrected chi connectivity index (χ2v) is 6.79. The lowest BCUT2D eigenvalue weighted by Crippen LogP contribution is -2.00. The SMILES string of the molecule is Cc1cc(=O)oc2cc(OCc3cccc(Oc4ccccc4)c3)c(Cl)cc12.